The summed E-state index contributed by atoms with van der Waals surface area (Å²) in [6, 6.07) is 2.02. The van der Waals surface area contributed by atoms with Crippen LogP contribution in [0, 0.1) is 0 Å². The van der Waals surface area contributed by atoms with Gasteiger partial charge in [-0.1, -0.05) is 13.8 Å². The highest BCUT2D eigenvalue weighted by Crippen LogP contribution is 2.24. The Morgan fingerprint density at radius 1 is 1.44 bits per heavy atom. The molecule has 0 spiro atoms. The van der Waals surface area contributed by atoms with Crippen LogP contribution in [0.2, 0.25) is 0 Å². The standard InChI is InChI=1S/C10H16N4.C2H6/c1-11-10-12-5-3-9(13-10)8-4-6-14(2)7-8;1-2/h3,5,8H,4,6-7H2,1-2H3,(H,11,12,13);1-2H3. The minimum Gasteiger partial charge on any atom is -0.357 e. The summed E-state index contributed by atoms with van der Waals surface area (Å²) >= 11 is 0. The molecule has 1 aliphatic rings. The quantitative estimate of drug-likeness (QED) is 0.830. The summed E-state index contributed by atoms with van der Waals surface area (Å²) < 4.78 is 0. The first-order valence-electron chi connectivity index (χ1n) is 5.99. The van der Waals surface area contributed by atoms with Crippen LogP contribution in [0.4, 0.5) is 5.95 Å². The van der Waals surface area contributed by atoms with Crippen LogP contribution in [-0.4, -0.2) is 42.1 Å². The molecule has 1 aliphatic heterocycles. The topological polar surface area (TPSA) is 41.1 Å². The zero-order valence-electron chi connectivity index (χ0n) is 10.7. The van der Waals surface area contributed by atoms with Gasteiger partial charge in [0.1, 0.15) is 0 Å². The van der Waals surface area contributed by atoms with Crippen molar-refractivity contribution in [3.05, 3.63) is 18.0 Å². The number of hydrogen-bond donors (Lipinski definition) is 1. The summed E-state index contributed by atoms with van der Waals surface area (Å²) in [5.41, 5.74) is 1.16. The number of likely N-dealkylation sites (N-methyl/N-ethyl adjacent to an activating group) is 1. The average Bonchev–Trinajstić information content (AvgIpc) is 2.79. The van der Waals surface area contributed by atoms with Gasteiger partial charge in [-0.2, -0.15) is 0 Å². The molecule has 2 heterocycles. The summed E-state index contributed by atoms with van der Waals surface area (Å²) in [7, 11) is 4.00. The van der Waals surface area contributed by atoms with Gasteiger partial charge in [-0.05, 0) is 26.1 Å². The molecule has 0 aromatic carbocycles. The molecule has 4 nitrogen and oxygen atoms in total. The Labute approximate surface area is 98.1 Å². The van der Waals surface area contributed by atoms with E-state index < -0.39 is 0 Å². The number of nitrogens with zero attached hydrogens (tertiary/aromatic N) is 3. The normalized spacial score (nSPS) is 20.1. The Kier molecular flexibility index (Phi) is 5.19. The van der Waals surface area contributed by atoms with E-state index in [1.807, 2.05) is 33.2 Å². The van der Waals surface area contributed by atoms with E-state index in [-0.39, 0.29) is 0 Å². The molecule has 0 amide bonds. The number of aromatic nitrogens is 2. The van der Waals surface area contributed by atoms with Gasteiger partial charge in [0, 0.05) is 25.7 Å². The second-order valence-electron chi connectivity index (χ2n) is 3.80. The molecular formula is C12H22N4. The molecule has 0 radical (unpaired) electrons. The van der Waals surface area contributed by atoms with E-state index >= 15 is 0 Å². The Hall–Kier alpha value is -1.16. The highest BCUT2D eigenvalue weighted by Gasteiger charge is 2.22. The molecule has 1 unspecified atom stereocenters. The van der Waals surface area contributed by atoms with E-state index in [0.717, 1.165) is 18.2 Å². The third-order valence-corrected chi connectivity index (χ3v) is 2.71. The number of likely N-dealkylation sites (tertiary alicyclic amines) is 1. The third kappa shape index (κ3) is 3.17. The van der Waals surface area contributed by atoms with Crippen molar-refractivity contribution in [3.63, 3.8) is 0 Å². The van der Waals surface area contributed by atoms with Crippen LogP contribution in [0.15, 0.2) is 12.3 Å². The highest BCUT2D eigenvalue weighted by atomic mass is 15.1. The van der Waals surface area contributed by atoms with Crippen molar-refractivity contribution >= 4 is 5.95 Å². The molecule has 16 heavy (non-hydrogen) atoms. The van der Waals surface area contributed by atoms with Gasteiger partial charge in [0.25, 0.3) is 0 Å². The van der Waals surface area contributed by atoms with E-state index in [4.69, 9.17) is 0 Å². The second kappa shape index (κ2) is 6.43. The van der Waals surface area contributed by atoms with Crippen molar-refractivity contribution in [2.75, 3.05) is 32.5 Å². The monoisotopic (exact) mass is 222 g/mol. The summed E-state index contributed by atoms with van der Waals surface area (Å²) in [6.07, 6.45) is 3.03. The maximum Gasteiger partial charge on any atom is 0.222 e. The molecule has 4 heteroatoms. The molecule has 2 rings (SSSR count). The maximum absolute atomic E-state index is 4.46. The van der Waals surface area contributed by atoms with Crippen molar-refractivity contribution < 1.29 is 0 Å². The largest absolute Gasteiger partial charge is 0.357 e. The molecule has 1 aromatic rings. The number of hydrogen-bond acceptors (Lipinski definition) is 4. The molecule has 90 valence electrons. The number of rotatable bonds is 2. The molecular weight excluding hydrogens is 200 g/mol. The van der Waals surface area contributed by atoms with E-state index in [1.165, 1.54) is 13.0 Å². The Bertz CT molecular complexity index is 314. The van der Waals surface area contributed by atoms with Gasteiger partial charge in [0.2, 0.25) is 5.95 Å². The lowest BCUT2D eigenvalue weighted by Gasteiger charge is -2.10. The van der Waals surface area contributed by atoms with Gasteiger partial charge in [0.15, 0.2) is 0 Å². The van der Waals surface area contributed by atoms with Crippen molar-refractivity contribution in [1.29, 1.82) is 0 Å². The lowest BCUT2D eigenvalue weighted by Crippen LogP contribution is -2.14. The first kappa shape index (κ1) is 12.9. The Morgan fingerprint density at radius 2 is 2.19 bits per heavy atom. The smallest absolute Gasteiger partial charge is 0.222 e. The summed E-state index contributed by atoms with van der Waals surface area (Å²) in [4.78, 5) is 10.9. The predicted octanol–water partition coefficient (Wildman–Crippen LogP) is 1.96. The molecule has 1 saturated heterocycles. The average molecular weight is 222 g/mol. The van der Waals surface area contributed by atoms with Gasteiger partial charge in [0.05, 0.1) is 5.69 Å². The lowest BCUT2D eigenvalue weighted by atomic mass is 10.1. The van der Waals surface area contributed by atoms with Crippen LogP contribution in [0.5, 0.6) is 0 Å². The van der Waals surface area contributed by atoms with Crippen LogP contribution in [0.25, 0.3) is 0 Å². The fourth-order valence-corrected chi connectivity index (χ4v) is 1.90. The molecule has 1 aromatic heterocycles. The van der Waals surface area contributed by atoms with Gasteiger partial charge in [-0.25, -0.2) is 9.97 Å². The van der Waals surface area contributed by atoms with E-state index in [2.05, 4.69) is 27.2 Å². The summed E-state index contributed by atoms with van der Waals surface area (Å²) in [5.74, 6) is 1.30. The van der Waals surface area contributed by atoms with Gasteiger partial charge < -0.3 is 10.2 Å². The van der Waals surface area contributed by atoms with Crippen molar-refractivity contribution in [3.8, 4) is 0 Å². The van der Waals surface area contributed by atoms with Gasteiger partial charge in [-0.3, -0.25) is 0 Å². The predicted molar refractivity (Wildman–Crippen MR) is 67.8 cm³/mol. The van der Waals surface area contributed by atoms with Gasteiger partial charge in [-0.15, -0.1) is 0 Å². The summed E-state index contributed by atoms with van der Waals surface area (Å²) in [6.45, 7) is 6.28. The van der Waals surface area contributed by atoms with E-state index in [9.17, 15) is 0 Å². The third-order valence-electron chi connectivity index (χ3n) is 2.71. The Morgan fingerprint density at radius 3 is 2.75 bits per heavy atom. The molecule has 0 bridgehead atoms. The van der Waals surface area contributed by atoms with Crippen LogP contribution < -0.4 is 5.32 Å². The van der Waals surface area contributed by atoms with Gasteiger partial charge >= 0.3 is 0 Å². The van der Waals surface area contributed by atoms with Crippen LogP contribution in [-0.2, 0) is 0 Å². The number of anilines is 1. The van der Waals surface area contributed by atoms with Crippen LogP contribution >= 0.6 is 0 Å². The second-order valence-corrected chi connectivity index (χ2v) is 3.80. The molecule has 1 fully saturated rings. The lowest BCUT2D eigenvalue weighted by molar-refractivity contribution is 0.410. The van der Waals surface area contributed by atoms with E-state index in [1.54, 1.807) is 0 Å². The molecule has 0 aliphatic carbocycles. The first-order valence-corrected chi connectivity index (χ1v) is 5.99. The summed E-state index contributed by atoms with van der Waals surface area (Å²) in [5, 5.41) is 2.97. The first-order chi connectivity index (χ1) is 7.79. The number of nitrogens with one attached hydrogen (secondary N) is 1. The SMILES string of the molecule is CC.CNc1nccc(C2CCN(C)C2)n1. The molecule has 1 N–H and O–H groups in total. The zero-order chi connectivity index (χ0) is 12.0. The fraction of sp³-hybridized carbons (Fsp3) is 0.667. The minimum absolute atomic E-state index is 0.579. The fourth-order valence-electron chi connectivity index (χ4n) is 1.90. The Balaban J connectivity index is 0.000000606. The van der Waals surface area contributed by atoms with Crippen molar-refractivity contribution in [2.24, 2.45) is 0 Å². The molecule has 1 atom stereocenters. The minimum atomic E-state index is 0.579. The zero-order valence-corrected chi connectivity index (χ0v) is 10.7. The van der Waals surface area contributed by atoms with Crippen LogP contribution in [0.1, 0.15) is 31.9 Å². The van der Waals surface area contributed by atoms with Crippen molar-refractivity contribution in [2.45, 2.75) is 26.2 Å². The highest BCUT2D eigenvalue weighted by molar-refractivity contribution is 5.25. The molecule has 0 saturated carbocycles. The van der Waals surface area contributed by atoms with E-state index in [0.29, 0.717) is 5.92 Å². The van der Waals surface area contributed by atoms with Crippen molar-refractivity contribution in [1.82, 2.24) is 14.9 Å². The maximum atomic E-state index is 4.46. The van der Waals surface area contributed by atoms with Crippen LogP contribution in [0.3, 0.4) is 0 Å².